The Kier molecular flexibility index (Phi) is 4.70. The fraction of sp³-hybridized carbons (Fsp3) is 0.294. The van der Waals surface area contributed by atoms with Crippen LogP contribution in [0.5, 0.6) is 0 Å². The van der Waals surface area contributed by atoms with Crippen molar-refractivity contribution in [3.05, 3.63) is 59.9 Å². The van der Waals surface area contributed by atoms with Gasteiger partial charge in [-0.3, -0.25) is 9.78 Å². The Morgan fingerprint density at radius 1 is 1.24 bits per heavy atom. The third-order valence-corrected chi connectivity index (χ3v) is 3.39. The van der Waals surface area contributed by atoms with E-state index in [1.54, 1.807) is 6.20 Å². The van der Waals surface area contributed by atoms with Gasteiger partial charge in [0.25, 0.3) is 5.91 Å². The summed E-state index contributed by atoms with van der Waals surface area (Å²) < 4.78 is 0. The number of pyridine rings is 1. The van der Waals surface area contributed by atoms with Crippen LogP contribution in [0.2, 0.25) is 0 Å². The zero-order chi connectivity index (χ0) is 15.3. The number of carbonyl (C=O) groups excluding carboxylic acids is 1. The first-order valence-electron chi connectivity index (χ1n) is 6.98. The predicted octanol–water partition coefficient (Wildman–Crippen LogP) is 2.71. The van der Waals surface area contributed by atoms with Crippen molar-refractivity contribution in [2.75, 3.05) is 5.32 Å². The Labute approximate surface area is 124 Å². The Balaban J connectivity index is 1.95. The lowest BCUT2D eigenvalue weighted by molar-refractivity contribution is -0.132. The summed E-state index contributed by atoms with van der Waals surface area (Å²) >= 11 is 0. The molecule has 0 fully saturated rings. The second kappa shape index (κ2) is 6.50. The molecule has 0 saturated heterocycles. The van der Waals surface area contributed by atoms with Crippen molar-refractivity contribution in [1.29, 1.82) is 0 Å². The average Bonchev–Trinajstić information content (AvgIpc) is 2.48. The molecule has 110 valence electrons. The lowest BCUT2D eigenvalue weighted by atomic mass is 9.97. The summed E-state index contributed by atoms with van der Waals surface area (Å²) in [6.45, 7) is 3.51. The van der Waals surface area contributed by atoms with Crippen molar-refractivity contribution >= 4 is 11.6 Å². The van der Waals surface area contributed by atoms with Gasteiger partial charge < -0.3 is 10.4 Å². The number of aryl methyl sites for hydroxylation is 2. The highest BCUT2D eigenvalue weighted by Gasteiger charge is 2.30. The quantitative estimate of drug-likeness (QED) is 0.887. The van der Waals surface area contributed by atoms with Crippen molar-refractivity contribution in [1.82, 2.24) is 4.98 Å². The minimum Gasteiger partial charge on any atom is -0.380 e. The third-order valence-electron chi connectivity index (χ3n) is 3.39. The molecule has 1 heterocycles. The molecule has 4 nitrogen and oxygen atoms in total. The molecule has 2 aromatic rings. The van der Waals surface area contributed by atoms with Crippen molar-refractivity contribution in [3.8, 4) is 0 Å². The van der Waals surface area contributed by atoms with E-state index in [-0.39, 0.29) is 0 Å². The summed E-state index contributed by atoms with van der Waals surface area (Å²) in [5, 5.41) is 13.1. The summed E-state index contributed by atoms with van der Waals surface area (Å²) in [6, 6.07) is 13.1. The molecule has 21 heavy (non-hydrogen) atoms. The van der Waals surface area contributed by atoms with Gasteiger partial charge in [0.2, 0.25) is 0 Å². The van der Waals surface area contributed by atoms with Crippen LogP contribution in [0.15, 0.2) is 48.7 Å². The van der Waals surface area contributed by atoms with E-state index in [1.165, 1.54) is 6.92 Å². The second-order valence-electron chi connectivity index (χ2n) is 5.42. The monoisotopic (exact) mass is 284 g/mol. The smallest absolute Gasteiger partial charge is 0.256 e. The molecule has 1 aromatic carbocycles. The molecule has 0 saturated carbocycles. The van der Waals surface area contributed by atoms with Crippen LogP contribution in [-0.4, -0.2) is 21.6 Å². The van der Waals surface area contributed by atoms with Gasteiger partial charge in [-0.05, 0) is 51.0 Å². The molecule has 0 aliphatic heterocycles. The molecular formula is C17H20N2O2. The molecule has 1 amide bonds. The first-order chi connectivity index (χ1) is 9.97. The number of rotatable bonds is 5. The maximum absolute atomic E-state index is 12.2. The molecule has 2 N–H and O–H groups in total. The maximum atomic E-state index is 12.2. The van der Waals surface area contributed by atoms with Gasteiger partial charge in [0, 0.05) is 17.6 Å². The Morgan fingerprint density at radius 2 is 1.95 bits per heavy atom. The number of hydrogen-bond donors (Lipinski definition) is 2. The Bertz CT molecular complexity index is 592. The number of aromatic nitrogens is 1. The highest BCUT2D eigenvalue weighted by atomic mass is 16.3. The number of amides is 1. The largest absolute Gasteiger partial charge is 0.380 e. The van der Waals surface area contributed by atoms with Gasteiger partial charge in [0.15, 0.2) is 0 Å². The number of nitrogens with zero attached hydrogens (tertiary/aromatic N) is 1. The molecule has 2 rings (SSSR count). The number of benzene rings is 1. The lowest BCUT2D eigenvalue weighted by Crippen LogP contribution is -2.40. The fourth-order valence-electron chi connectivity index (χ4n) is 1.93. The van der Waals surface area contributed by atoms with Crippen LogP contribution in [0.25, 0.3) is 0 Å². The van der Waals surface area contributed by atoms with Crippen molar-refractivity contribution in [3.63, 3.8) is 0 Å². The van der Waals surface area contributed by atoms with Gasteiger partial charge in [0.05, 0.1) is 0 Å². The van der Waals surface area contributed by atoms with Crippen LogP contribution >= 0.6 is 0 Å². The standard InChI is InChI=1S/C17H20N2O2/c1-13-6-8-15(9-7-13)19-16(20)17(2,21)11-10-14-5-3-4-12-18-14/h3-9,12,21H,10-11H2,1-2H3,(H,19,20). The molecule has 0 aliphatic carbocycles. The van der Waals surface area contributed by atoms with Gasteiger partial charge >= 0.3 is 0 Å². The zero-order valence-corrected chi connectivity index (χ0v) is 12.3. The van der Waals surface area contributed by atoms with E-state index >= 15 is 0 Å². The third kappa shape index (κ3) is 4.39. The summed E-state index contributed by atoms with van der Waals surface area (Å²) in [4.78, 5) is 16.4. The first kappa shape index (κ1) is 15.2. The molecule has 1 unspecified atom stereocenters. The van der Waals surface area contributed by atoms with Crippen LogP contribution in [0.3, 0.4) is 0 Å². The highest BCUT2D eigenvalue weighted by Crippen LogP contribution is 2.17. The molecule has 1 atom stereocenters. The Hall–Kier alpha value is -2.20. The zero-order valence-electron chi connectivity index (χ0n) is 12.3. The average molecular weight is 284 g/mol. The second-order valence-corrected chi connectivity index (χ2v) is 5.42. The Morgan fingerprint density at radius 3 is 2.57 bits per heavy atom. The number of hydrogen-bond acceptors (Lipinski definition) is 3. The molecule has 0 radical (unpaired) electrons. The van der Waals surface area contributed by atoms with E-state index in [0.29, 0.717) is 18.5 Å². The number of anilines is 1. The number of aliphatic hydroxyl groups is 1. The first-order valence-corrected chi connectivity index (χ1v) is 6.98. The van der Waals surface area contributed by atoms with Gasteiger partial charge in [-0.1, -0.05) is 23.8 Å². The van der Waals surface area contributed by atoms with Crippen molar-refractivity contribution < 1.29 is 9.90 Å². The van der Waals surface area contributed by atoms with E-state index in [0.717, 1.165) is 11.3 Å². The van der Waals surface area contributed by atoms with E-state index in [2.05, 4.69) is 10.3 Å². The van der Waals surface area contributed by atoms with Gasteiger partial charge in [-0.15, -0.1) is 0 Å². The van der Waals surface area contributed by atoms with E-state index in [4.69, 9.17) is 0 Å². The van der Waals surface area contributed by atoms with Crippen LogP contribution in [-0.2, 0) is 11.2 Å². The van der Waals surface area contributed by atoms with Crippen LogP contribution in [0.4, 0.5) is 5.69 Å². The van der Waals surface area contributed by atoms with E-state index < -0.39 is 11.5 Å². The maximum Gasteiger partial charge on any atom is 0.256 e. The number of carbonyl (C=O) groups is 1. The van der Waals surface area contributed by atoms with Gasteiger partial charge in [0.1, 0.15) is 5.60 Å². The molecule has 0 spiro atoms. The van der Waals surface area contributed by atoms with Crippen LogP contribution in [0.1, 0.15) is 24.6 Å². The van der Waals surface area contributed by atoms with Gasteiger partial charge in [-0.25, -0.2) is 0 Å². The summed E-state index contributed by atoms with van der Waals surface area (Å²) in [6.07, 6.45) is 2.58. The number of nitrogens with one attached hydrogen (secondary N) is 1. The summed E-state index contributed by atoms with van der Waals surface area (Å²) in [5.41, 5.74) is 1.24. The van der Waals surface area contributed by atoms with Crippen LogP contribution in [0, 0.1) is 6.92 Å². The topological polar surface area (TPSA) is 62.2 Å². The highest BCUT2D eigenvalue weighted by molar-refractivity contribution is 5.96. The molecule has 0 aliphatic rings. The molecule has 1 aromatic heterocycles. The SMILES string of the molecule is Cc1ccc(NC(=O)C(C)(O)CCc2ccccn2)cc1. The molecule has 4 heteroatoms. The lowest BCUT2D eigenvalue weighted by Gasteiger charge is -2.22. The molecule has 0 bridgehead atoms. The summed E-state index contributed by atoms with van der Waals surface area (Å²) in [7, 11) is 0. The predicted molar refractivity (Wildman–Crippen MR) is 83.0 cm³/mol. The summed E-state index contributed by atoms with van der Waals surface area (Å²) in [5.74, 6) is -0.401. The van der Waals surface area contributed by atoms with E-state index in [1.807, 2.05) is 49.4 Å². The van der Waals surface area contributed by atoms with Crippen LogP contribution < -0.4 is 5.32 Å². The van der Waals surface area contributed by atoms with E-state index in [9.17, 15) is 9.90 Å². The minimum absolute atomic E-state index is 0.321. The molecular weight excluding hydrogens is 264 g/mol. The van der Waals surface area contributed by atoms with Gasteiger partial charge in [-0.2, -0.15) is 0 Å². The minimum atomic E-state index is -1.43. The van der Waals surface area contributed by atoms with Crippen molar-refractivity contribution in [2.45, 2.75) is 32.3 Å². The fourth-order valence-corrected chi connectivity index (χ4v) is 1.93. The normalized spacial score (nSPS) is 13.5. The van der Waals surface area contributed by atoms with Crippen molar-refractivity contribution in [2.24, 2.45) is 0 Å².